The molecule has 2 aromatic carbocycles. The summed E-state index contributed by atoms with van der Waals surface area (Å²) in [6.07, 6.45) is 3.52. The molecule has 3 nitrogen and oxygen atoms in total. The number of nitrogens with zero attached hydrogens (tertiary/aromatic N) is 2. The van der Waals surface area contributed by atoms with Crippen molar-refractivity contribution in [3.63, 3.8) is 0 Å². The number of carbonyl (C=O) groups excluding carboxylic acids is 1. The smallest absolute Gasteiger partial charge is 0.267 e. The molecule has 0 atom stereocenters. The molecule has 1 radical (unpaired) electrons. The summed E-state index contributed by atoms with van der Waals surface area (Å²) in [4.78, 5) is 12.9. The maximum Gasteiger partial charge on any atom is 0.272 e. The number of anilines is 1. The predicted octanol–water partition coefficient (Wildman–Crippen LogP) is 3.53. The standard InChI is InChI=1S/C18H19N2O/c21-18(16-10-4-1-5-11-16)20(17-12-6-2-7-13-17)19-14-8-3-9-15-19/h2,4-7,10-13H,3,8-9,14-15H2. The Hall–Kier alpha value is -2.13. The van der Waals surface area contributed by atoms with Crippen LogP contribution in [0.4, 0.5) is 5.69 Å². The Morgan fingerprint density at radius 2 is 1.62 bits per heavy atom. The zero-order valence-corrected chi connectivity index (χ0v) is 12.0. The first-order chi connectivity index (χ1) is 10.4. The lowest BCUT2D eigenvalue weighted by molar-refractivity contribution is 0.0872. The van der Waals surface area contributed by atoms with E-state index < -0.39 is 0 Å². The second-order valence-electron chi connectivity index (χ2n) is 5.26. The molecule has 0 saturated carbocycles. The second-order valence-corrected chi connectivity index (χ2v) is 5.26. The van der Waals surface area contributed by atoms with Gasteiger partial charge in [-0.15, -0.1) is 0 Å². The zero-order valence-electron chi connectivity index (χ0n) is 12.0. The van der Waals surface area contributed by atoms with Gasteiger partial charge < -0.3 is 0 Å². The van der Waals surface area contributed by atoms with Gasteiger partial charge in [-0.2, -0.15) is 0 Å². The highest BCUT2D eigenvalue weighted by Crippen LogP contribution is 2.22. The lowest BCUT2D eigenvalue weighted by atomic mass is 10.1. The molecular formula is C18H19N2O. The minimum absolute atomic E-state index is 0.0251. The molecular weight excluding hydrogens is 260 g/mol. The van der Waals surface area contributed by atoms with Crippen LogP contribution in [0, 0.1) is 6.07 Å². The summed E-state index contributed by atoms with van der Waals surface area (Å²) >= 11 is 0. The van der Waals surface area contributed by atoms with Crippen LogP contribution >= 0.6 is 0 Å². The Kier molecular flexibility index (Phi) is 4.31. The van der Waals surface area contributed by atoms with Crippen LogP contribution in [0.15, 0.2) is 54.6 Å². The number of hydrazine groups is 1. The largest absolute Gasteiger partial charge is 0.272 e. The van der Waals surface area contributed by atoms with Gasteiger partial charge in [0.25, 0.3) is 5.91 Å². The third kappa shape index (κ3) is 3.14. The first kappa shape index (κ1) is 13.8. The molecule has 21 heavy (non-hydrogen) atoms. The molecule has 0 unspecified atom stereocenters. The number of para-hydroxylation sites is 1. The van der Waals surface area contributed by atoms with E-state index in [2.05, 4.69) is 11.1 Å². The fourth-order valence-corrected chi connectivity index (χ4v) is 2.71. The molecule has 2 aromatic rings. The van der Waals surface area contributed by atoms with Crippen molar-refractivity contribution in [3.05, 3.63) is 66.2 Å². The first-order valence-corrected chi connectivity index (χ1v) is 7.47. The van der Waals surface area contributed by atoms with Crippen molar-refractivity contribution < 1.29 is 4.79 Å². The molecule has 1 aliphatic rings. The third-order valence-electron chi connectivity index (χ3n) is 3.77. The minimum Gasteiger partial charge on any atom is -0.267 e. The molecule has 0 bridgehead atoms. The van der Waals surface area contributed by atoms with Crippen LogP contribution in [0.5, 0.6) is 0 Å². The van der Waals surface area contributed by atoms with Crippen LogP contribution in [0.2, 0.25) is 0 Å². The first-order valence-electron chi connectivity index (χ1n) is 7.47. The van der Waals surface area contributed by atoms with E-state index in [9.17, 15) is 4.79 Å². The quantitative estimate of drug-likeness (QED) is 0.858. The molecule has 3 rings (SSSR count). The van der Waals surface area contributed by atoms with Gasteiger partial charge in [-0.25, -0.2) is 10.0 Å². The number of benzene rings is 2. The molecule has 0 aromatic heterocycles. The molecule has 1 fully saturated rings. The summed E-state index contributed by atoms with van der Waals surface area (Å²) in [5.74, 6) is 0.0251. The van der Waals surface area contributed by atoms with Crippen LogP contribution in [-0.2, 0) is 0 Å². The van der Waals surface area contributed by atoms with E-state index in [1.165, 1.54) is 6.42 Å². The Balaban J connectivity index is 1.94. The van der Waals surface area contributed by atoms with Crippen molar-refractivity contribution in [2.45, 2.75) is 19.3 Å². The van der Waals surface area contributed by atoms with Crippen LogP contribution < -0.4 is 5.01 Å². The van der Waals surface area contributed by atoms with Crippen LogP contribution in [0.1, 0.15) is 29.6 Å². The Bertz CT molecular complexity index is 577. The summed E-state index contributed by atoms with van der Waals surface area (Å²) < 4.78 is 0. The van der Waals surface area contributed by atoms with E-state index >= 15 is 0 Å². The van der Waals surface area contributed by atoms with Crippen molar-refractivity contribution >= 4 is 11.6 Å². The molecule has 107 valence electrons. The summed E-state index contributed by atoms with van der Waals surface area (Å²) in [6, 6.07) is 20.1. The molecule has 1 amide bonds. The predicted molar refractivity (Wildman–Crippen MR) is 84.0 cm³/mol. The number of piperidine rings is 1. The minimum atomic E-state index is 0.0251. The number of rotatable bonds is 3. The van der Waals surface area contributed by atoms with Crippen molar-refractivity contribution in [2.75, 3.05) is 18.1 Å². The maximum atomic E-state index is 12.9. The highest BCUT2D eigenvalue weighted by atomic mass is 16.2. The van der Waals surface area contributed by atoms with Crippen LogP contribution in [-0.4, -0.2) is 24.0 Å². The van der Waals surface area contributed by atoms with Gasteiger partial charge in [-0.05, 0) is 43.2 Å². The summed E-state index contributed by atoms with van der Waals surface area (Å²) in [5, 5.41) is 3.99. The van der Waals surface area contributed by atoms with Gasteiger partial charge >= 0.3 is 0 Å². The summed E-state index contributed by atoms with van der Waals surface area (Å²) in [6.45, 7) is 1.86. The van der Waals surface area contributed by atoms with Gasteiger partial charge in [0.1, 0.15) is 0 Å². The topological polar surface area (TPSA) is 23.6 Å². The molecule has 1 saturated heterocycles. The summed E-state index contributed by atoms with van der Waals surface area (Å²) in [5.41, 5.74) is 1.63. The van der Waals surface area contributed by atoms with Gasteiger partial charge in [-0.1, -0.05) is 36.8 Å². The Morgan fingerprint density at radius 3 is 2.29 bits per heavy atom. The maximum absolute atomic E-state index is 12.9. The second kappa shape index (κ2) is 6.55. The fraction of sp³-hybridized carbons (Fsp3) is 0.278. The molecule has 1 heterocycles. The lowest BCUT2D eigenvalue weighted by Crippen LogP contribution is -2.49. The van der Waals surface area contributed by atoms with E-state index in [1.54, 1.807) is 12.1 Å². The van der Waals surface area contributed by atoms with Crippen molar-refractivity contribution in [1.82, 2.24) is 5.01 Å². The molecule has 0 spiro atoms. The SMILES string of the molecule is O=C(c1cc[c]cc1)N(c1ccccc1)N1CCCCC1. The lowest BCUT2D eigenvalue weighted by Gasteiger charge is -2.37. The van der Waals surface area contributed by atoms with E-state index in [0.717, 1.165) is 31.6 Å². The molecule has 0 aliphatic carbocycles. The zero-order chi connectivity index (χ0) is 14.5. The Morgan fingerprint density at radius 1 is 0.952 bits per heavy atom. The number of carbonyl (C=O) groups is 1. The summed E-state index contributed by atoms with van der Waals surface area (Å²) in [7, 11) is 0. The average molecular weight is 279 g/mol. The highest BCUT2D eigenvalue weighted by Gasteiger charge is 2.25. The Labute approximate surface area is 125 Å². The van der Waals surface area contributed by atoms with Crippen LogP contribution in [0.25, 0.3) is 0 Å². The van der Waals surface area contributed by atoms with Gasteiger partial charge in [0, 0.05) is 18.7 Å². The van der Waals surface area contributed by atoms with Crippen molar-refractivity contribution in [3.8, 4) is 0 Å². The van der Waals surface area contributed by atoms with Crippen molar-refractivity contribution in [1.29, 1.82) is 0 Å². The van der Waals surface area contributed by atoms with E-state index in [4.69, 9.17) is 0 Å². The van der Waals surface area contributed by atoms with Gasteiger partial charge in [0.15, 0.2) is 0 Å². The number of hydrogen-bond donors (Lipinski definition) is 0. The third-order valence-corrected chi connectivity index (χ3v) is 3.77. The van der Waals surface area contributed by atoms with Gasteiger partial charge in [-0.3, -0.25) is 4.79 Å². The molecule has 0 N–H and O–H groups in total. The normalized spacial score (nSPS) is 15.6. The average Bonchev–Trinajstić information content (AvgIpc) is 2.58. The fourth-order valence-electron chi connectivity index (χ4n) is 2.71. The molecule has 1 aliphatic heterocycles. The number of hydrogen-bond acceptors (Lipinski definition) is 2. The van der Waals surface area contributed by atoms with E-state index in [-0.39, 0.29) is 5.91 Å². The van der Waals surface area contributed by atoms with Crippen LogP contribution in [0.3, 0.4) is 0 Å². The van der Waals surface area contributed by atoms with E-state index in [1.807, 2.05) is 47.5 Å². The number of amides is 1. The van der Waals surface area contributed by atoms with Gasteiger partial charge in [0.05, 0.1) is 5.69 Å². The highest BCUT2D eigenvalue weighted by molar-refractivity contribution is 6.05. The van der Waals surface area contributed by atoms with E-state index in [0.29, 0.717) is 5.56 Å². The van der Waals surface area contributed by atoms with Gasteiger partial charge in [0.2, 0.25) is 0 Å². The van der Waals surface area contributed by atoms with Crippen molar-refractivity contribution in [2.24, 2.45) is 0 Å². The monoisotopic (exact) mass is 279 g/mol. The molecule has 3 heteroatoms.